The lowest BCUT2D eigenvalue weighted by atomic mass is 10.1. The molecule has 6 nitrogen and oxygen atoms in total. The molecule has 1 heterocycles. The van der Waals surface area contributed by atoms with Crippen LogP contribution >= 0.6 is 0 Å². The van der Waals surface area contributed by atoms with Crippen LogP contribution in [0, 0.1) is 5.92 Å². The number of carbonyl (C=O) groups is 2. The summed E-state index contributed by atoms with van der Waals surface area (Å²) in [5.74, 6) is 0.833. The lowest BCUT2D eigenvalue weighted by molar-refractivity contribution is -0.133. The van der Waals surface area contributed by atoms with E-state index in [1.807, 2.05) is 90.0 Å². The minimum atomic E-state index is -0.126. The third-order valence-corrected chi connectivity index (χ3v) is 6.55. The fourth-order valence-corrected chi connectivity index (χ4v) is 4.63. The van der Waals surface area contributed by atoms with Crippen molar-refractivity contribution in [3.63, 3.8) is 0 Å². The van der Waals surface area contributed by atoms with E-state index in [0.29, 0.717) is 31.7 Å². The van der Waals surface area contributed by atoms with Gasteiger partial charge in [0, 0.05) is 37.1 Å². The number of hydrogen-bond donors (Lipinski definition) is 0. The van der Waals surface area contributed by atoms with E-state index < -0.39 is 0 Å². The second-order valence-corrected chi connectivity index (χ2v) is 10.2. The van der Waals surface area contributed by atoms with Crippen molar-refractivity contribution in [2.75, 3.05) is 20.2 Å². The molecule has 0 spiro atoms. The van der Waals surface area contributed by atoms with Crippen molar-refractivity contribution in [1.29, 1.82) is 0 Å². The molecule has 0 unspecified atom stereocenters. The fraction of sp³-hybridized carbons (Fsp3) is 0.273. The van der Waals surface area contributed by atoms with E-state index in [2.05, 4.69) is 24.5 Å². The molecule has 0 saturated heterocycles. The first-order chi connectivity index (χ1) is 18.9. The van der Waals surface area contributed by atoms with Crippen LogP contribution in [0.2, 0.25) is 0 Å². The highest BCUT2D eigenvalue weighted by molar-refractivity contribution is 5.96. The van der Waals surface area contributed by atoms with E-state index in [1.165, 1.54) is 0 Å². The Morgan fingerprint density at radius 2 is 1.49 bits per heavy atom. The van der Waals surface area contributed by atoms with Crippen molar-refractivity contribution < 1.29 is 14.3 Å². The monoisotopic (exact) mass is 523 g/mol. The summed E-state index contributed by atoms with van der Waals surface area (Å²) in [6, 6.07) is 31.2. The second-order valence-electron chi connectivity index (χ2n) is 10.2. The number of benzene rings is 3. The van der Waals surface area contributed by atoms with Crippen LogP contribution in [0.15, 0.2) is 103 Å². The Labute approximate surface area is 231 Å². The van der Waals surface area contributed by atoms with Crippen molar-refractivity contribution in [1.82, 2.24) is 14.4 Å². The van der Waals surface area contributed by atoms with Crippen LogP contribution in [0.5, 0.6) is 5.75 Å². The van der Waals surface area contributed by atoms with Crippen molar-refractivity contribution in [2.45, 2.75) is 33.5 Å². The minimum absolute atomic E-state index is 0.0231. The quantitative estimate of drug-likeness (QED) is 0.233. The molecule has 0 radical (unpaired) electrons. The van der Waals surface area contributed by atoms with Gasteiger partial charge in [-0.05, 0) is 53.4 Å². The first kappa shape index (κ1) is 27.7. The van der Waals surface area contributed by atoms with Gasteiger partial charge in [-0.2, -0.15) is 0 Å². The summed E-state index contributed by atoms with van der Waals surface area (Å²) >= 11 is 0. The van der Waals surface area contributed by atoms with Crippen LogP contribution in [-0.4, -0.2) is 46.4 Å². The molecule has 2 amide bonds. The van der Waals surface area contributed by atoms with E-state index in [9.17, 15) is 9.59 Å². The van der Waals surface area contributed by atoms with Gasteiger partial charge in [-0.25, -0.2) is 0 Å². The molecule has 0 aliphatic heterocycles. The highest BCUT2D eigenvalue weighted by atomic mass is 16.5. The molecule has 0 saturated carbocycles. The molecule has 3 aromatic carbocycles. The van der Waals surface area contributed by atoms with Gasteiger partial charge in [0.25, 0.3) is 5.91 Å². The summed E-state index contributed by atoms with van der Waals surface area (Å²) in [6.45, 7) is 6.20. The first-order valence-corrected chi connectivity index (χ1v) is 13.4. The smallest absolute Gasteiger partial charge is 0.254 e. The Balaban J connectivity index is 1.57. The number of amides is 2. The minimum Gasteiger partial charge on any atom is -0.497 e. The topological polar surface area (TPSA) is 54.8 Å². The molecule has 202 valence electrons. The summed E-state index contributed by atoms with van der Waals surface area (Å²) in [7, 11) is 1.67. The van der Waals surface area contributed by atoms with Gasteiger partial charge in [-0.1, -0.05) is 74.5 Å². The number of ether oxygens (including phenoxy) is 1. The average molecular weight is 524 g/mol. The number of nitrogens with zero attached hydrogens (tertiary/aromatic N) is 3. The zero-order chi connectivity index (χ0) is 27.6. The van der Waals surface area contributed by atoms with E-state index >= 15 is 0 Å². The number of aromatic nitrogens is 1. The van der Waals surface area contributed by atoms with Gasteiger partial charge < -0.3 is 19.1 Å². The zero-order valence-corrected chi connectivity index (χ0v) is 23.0. The number of methoxy groups -OCH3 is 1. The molecule has 0 bridgehead atoms. The summed E-state index contributed by atoms with van der Waals surface area (Å²) < 4.78 is 7.54. The highest BCUT2D eigenvalue weighted by Crippen LogP contribution is 2.18. The summed E-state index contributed by atoms with van der Waals surface area (Å²) in [6.07, 6.45) is 2.03. The fourth-order valence-electron chi connectivity index (χ4n) is 4.63. The van der Waals surface area contributed by atoms with Crippen molar-refractivity contribution in [3.05, 3.63) is 126 Å². The zero-order valence-electron chi connectivity index (χ0n) is 23.0. The second kappa shape index (κ2) is 13.5. The Morgan fingerprint density at radius 3 is 2.18 bits per heavy atom. The van der Waals surface area contributed by atoms with Gasteiger partial charge in [0.05, 0.1) is 13.7 Å². The van der Waals surface area contributed by atoms with Crippen molar-refractivity contribution >= 4 is 11.8 Å². The maximum atomic E-state index is 13.9. The van der Waals surface area contributed by atoms with Crippen LogP contribution in [0.25, 0.3) is 0 Å². The molecular weight excluding hydrogens is 486 g/mol. The van der Waals surface area contributed by atoms with Crippen LogP contribution in [-0.2, 0) is 24.4 Å². The Bertz CT molecular complexity index is 1350. The predicted octanol–water partition coefficient (Wildman–Crippen LogP) is 5.87. The van der Waals surface area contributed by atoms with Gasteiger partial charge in [0.15, 0.2) is 0 Å². The van der Waals surface area contributed by atoms with Gasteiger partial charge >= 0.3 is 0 Å². The van der Waals surface area contributed by atoms with E-state index in [4.69, 9.17) is 4.74 Å². The lowest BCUT2D eigenvalue weighted by Gasteiger charge is -2.29. The Morgan fingerprint density at radius 1 is 0.795 bits per heavy atom. The van der Waals surface area contributed by atoms with Crippen LogP contribution in [0.3, 0.4) is 0 Å². The van der Waals surface area contributed by atoms with Gasteiger partial charge in [0.1, 0.15) is 12.3 Å². The molecule has 0 aliphatic carbocycles. The van der Waals surface area contributed by atoms with Crippen LogP contribution in [0.1, 0.15) is 41.0 Å². The molecule has 0 aliphatic rings. The Kier molecular flexibility index (Phi) is 9.57. The van der Waals surface area contributed by atoms with Crippen molar-refractivity contribution in [3.8, 4) is 5.75 Å². The van der Waals surface area contributed by atoms with Crippen molar-refractivity contribution in [2.24, 2.45) is 5.92 Å². The average Bonchev–Trinajstić information content (AvgIpc) is 3.39. The van der Waals surface area contributed by atoms with E-state index in [1.54, 1.807) is 24.1 Å². The molecule has 0 atom stereocenters. The van der Waals surface area contributed by atoms with Crippen LogP contribution < -0.4 is 4.74 Å². The summed E-state index contributed by atoms with van der Waals surface area (Å²) in [4.78, 5) is 30.7. The molecule has 0 fully saturated rings. The molecule has 39 heavy (non-hydrogen) atoms. The molecule has 1 aromatic heterocycles. The third-order valence-electron chi connectivity index (χ3n) is 6.55. The molecule has 6 heteroatoms. The standard InChI is InChI=1S/C33H37N3O3/c1-26(2)21-36(33(38)29-15-8-5-9-16-29)25-32(37)35(22-27-12-6-4-7-13-27)24-30-17-11-19-34(30)23-28-14-10-18-31(20-28)39-3/h4-20,26H,21-25H2,1-3H3. The van der Waals surface area contributed by atoms with Gasteiger partial charge in [-0.15, -0.1) is 0 Å². The van der Waals surface area contributed by atoms with Crippen LogP contribution in [0.4, 0.5) is 0 Å². The van der Waals surface area contributed by atoms with E-state index in [0.717, 1.165) is 22.6 Å². The third kappa shape index (κ3) is 7.84. The lowest BCUT2D eigenvalue weighted by Crippen LogP contribution is -2.44. The molecule has 4 aromatic rings. The van der Waals surface area contributed by atoms with Gasteiger partial charge in [0.2, 0.25) is 5.91 Å². The first-order valence-electron chi connectivity index (χ1n) is 13.4. The predicted molar refractivity (Wildman–Crippen MR) is 154 cm³/mol. The maximum absolute atomic E-state index is 13.9. The summed E-state index contributed by atoms with van der Waals surface area (Å²) in [5, 5.41) is 0. The molecule has 4 rings (SSSR count). The summed E-state index contributed by atoms with van der Waals surface area (Å²) in [5.41, 5.74) is 3.77. The largest absolute Gasteiger partial charge is 0.497 e. The number of rotatable bonds is 12. The van der Waals surface area contributed by atoms with Gasteiger partial charge in [-0.3, -0.25) is 9.59 Å². The maximum Gasteiger partial charge on any atom is 0.254 e. The normalized spacial score (nSPS) is 10.9. The van der Waals surface area contributed by atoms with E-state index in [-0.39, 0.29) is 24.3 Å². The highest BCUT2D eigenvalue weighted by Gasteiger charge is 2.24. The number of carbonyl (C=O) groups excluding carboxylic acids is 2. The Hall–Kier alpha value is -4.32. The SMILES string of the molecule is COc1cccc(Cn2cccc2CN(Cc2ccccc2)C(=O)CN(CC(C)C)C(=O)c2ccccc2)c1. The molecule has 0 N–H and O–H groups in total. The molecular formula is C33H37N3O3. The number of hydrogen-bond acceptors (Lipinski definition) is 3.